The van der Waals surface area contributed by atoms with Gasteiger partial charge < -0.3 is 4.57 Å². The lowest BCUT2D eigenvalue weighted by Crippen LogP contribution is -2.31. The highest BCUT2D eigenvalue weighted by molar-refractivity contribution is 5.74. The Kier molecular flexibility index (Phi) is 3.25. The third-order valence-electron chi connectivity index (χ3n) is 2.67. The number of rotatable bonds is 2. The largest absolute Gasteiger partial charge is 0.406 e. The molecule has 0 aliphatic carbocycles. The summed E-state index contributed by atoms with van der Waals surface area (Å²) in [7, 11) is 0. The topological polar surface area (TPSA) is 58.7 Å². The Hall–Kier alpha value is -2.36. The summed E-state index contributed by atoms with van der Waals surface area (Å²) in [6.07, 6.45) is -3.72. The van der Waals surface area contributed by atoms with Crippen LogP contribution < -0.4 is 5.56 Å². The Balaban J connectivity index is 2.54. The lowest BCUT2D eigenvalue weighted by molar-refractivity contribution is -0.161. The highest BCUT2D eigenvalue weighted by atomic mass is 19.4. The van der Waals surface area contributed by atoms with Gasteiger partial charge in [0.05, 0.1) is 29.8 Å². The number of para-hydroxylation sites is 2. The average Bonchev–Trinajstić information content (AvgIpc) is 2.36. The van der Waals surface area contributed by atoms with Gasteiger partial charge in [-0.3, -0.25) is 4.79 Å². The van der Waals surface area contributed by atoms with Crippen LogP contribution in [0.25, 0.3) is 11.0 Å². The summed E-state index contributed by atoms with van der Waals surface area (Å²) in [4.78, 5) is 15.5. The Morgan fingerprint density at radius 1 is 1.37 bits per heavy atom. The summed E-state index contributed by atoms with van der Waals surface area (Å²) in [6.45, 7) is -0.734. The zero-order chi connectivity index (χ0) is 14.0. The van der Waals surface area contributed by atoms with Gasteiger partial charge in [0, 0.05) is 0 Å². The molecule has 0 saturated heterocycles. The number of fused-ring (bicyclic) bond motifs is 1. The van der Waals surface area contributed by atoms with Crippen molar-refractivity contribution in [2.24, 2.45) is 5.92 Å². The highest BCUT2D eigenvalue weighted by Crippen LogP contribution is 2.27. The second kappa shape index (κ2) is 4.72. The number of benzene rings is 1. The first kappa shape index (κ1) is 13.1. The molecule has 1 aromatic heterocycles. The standard InChI is InChI=1S/C12H8F3N3O/c13-12(14,15)8(5-16)7-18-10-4-2-1-3-9(10)17-6-11(18)19/h1-4,6,8H,7H2. The quantitative estimate of drug-likeness (QED) is 0.837. The van der Waals surface area contributed by atoms with E-state index in [1.54, 1.807) is 18.2 Å². The van der Waals surface area contributed by atoms with E-state index < -0.39 is 24.2 Å². The molecule has 4 nitrogen and oxygen atoms in total. The van der Waals surface area contributed by atoms with Crippen LogP contribution in [0.4, 0.5) is 13.2 Å². The van der Waals surface area contributed by atoms with Crippen LogP contribution in [0, 0.1) is 17.2 Å². The molecular formula is C12H8F3N3O. The first-order chi connectivity index (χ1) is 8.93. The van der Waals surface area contributed by atoms with Gasteiger partial charge in [0.15, 0.2) is 5.92 Å². The number of hydrogen-bond donors (Lipinski definition) is 0. The van der Waals surface area contributed by atoms with Crippen molar-refractivity contribution in [3.05, 3.63) is 40.8 Å². The Morgan fingerprint density at radius 2 is 2.05 bits per heavy atom. The van der Waals surface area contributed by atoms with Crippen molar-refractivity contribution in [2.45, 2.75) is 12.7 Å². The van der Waals surface area contributed by atoms with E-state index in [1.807, 2.05) is 0 Å². The molecule has 0 aliphatic rings. The van der Waals surface area contributed by atoms with Gasteiger partial charge in [0.1, 0.15) is 0 Å². The van der Waals surface area contributed by atoms with Crippen molar-refractivity contribution in [2.75, 3.05) is 0 Å². The van der Waals surface area contributed by atoms with E-state index in [4.69, 9.17) is 5.26 Å². The molecule has 1 aromatic carbocycles. The highest BCUT2D eigenvalue weighted by Gasteiger charge is 2.40. The number of nitriles is 1. The molecule has 1 unspecified atom stereocenters. The maximum absolute atomic E-state index is 12.6. The third kappa shape index (κ3) is 2.57. The van der Waals surface area contributed by atoms with E-state index in [0.29, 0.717) is 5.52 Å². The molecule has 2 aromatic rings. The average molecular weight is 267 g/mol. The summed E-state index contributed by atoms with van der Waals surface area (Å²) < 4.78 is 38.7. The Morgan fingerprint density at radius 3 is 2.68 bits per heavy atom. The molecule has 0 N–H and O–H groups in total. The fourth-order valence-electron chi connectivity index (χ4n) is 1.70. The van der Waals surface area contributed by atoms with Crippen LogP contribution >= 0.6 is 0 Å². The molecule has 7 heteroatoms. The first-order valence-electron chi connectivity index (χ1n) is 5.34. The van der Waals surface area contributed by atoms with Crippen molar-refractivity contribution in [1.82, 2.24) is 9.55 Å². The lowest BCUT2D eigenvalue weighted by atomic mass is 10.1. The number of nitrogens with zero attached hydrogens (tertiary/aromatic N) is 3. The van der Waals surface area contributed by atoms with Gasteiger partial charge >= 0.3 is 6.18 Å². The van der Waals surface area contributed by atoms with Gasteiger partial charge in [-0.1, -0.05) is 12.1 Å². The molecule has 0 amide bonds. The molecule has 0 aliphatic heterocycles. The predicted molar refractivity (Wildman–Crippen MR) is 61.2 cm³/mol. The molecular weight excluding hydrogens is 259 g/mol. The molecule has 0 bridgehead atoms. The normalized spacial score (nSPS) is 13.2. The number of alkyl halides is 3. The second-order valence-electron chi connectivity index (χ2n) is 3.92. The Bertz CT molecular complexity index is 700. The molecule has 0 radical (unpaired) electrons. The minimum atomic E-state index is -4.67. The van der Waals surface area contributed by atoms with Gasteiger partial charge in [-0.05, 0) is 12.1 Å². The fourth-order valence-corrected chi connectivity index (χ4v) is 1.70. The van der Waals surface area contributed by atoms with Gasteiger partial charge in [0.25, 0.3) is 5.56 Å². The number of halogens is 3. The van der Waals surface area contributed by atoms with Crippen LogP contribution in [0.15, 0.2) is 35.3 Å². The zero-order valence-electron chi connectivity index (χ0n) is 9.55. The molecule has 0 spiro atoms. The van der Waals surface area contributed by atoms with Crippen molar-refractivity contribution in [3.8, 4) is 6.07 Å². The maximum Gasteiger partial charge on any atom is 0.406 e. The van der Waals surface area contributed by atoms with Crippen LogP contribution in [-0.2, 0) is 6.54 Å². The van der Waals surface area contributed by atoms with Crippen LogP contribution in [0.2, 0.25) is 0 Å². The summed E-state index contributed by atoms with van der Waals surface area (Å²) in [5.41, 5.74) is 0.0173. The number of aromatic nitrogens is 2. The summed E-state index contributed by atoms with van der Waals surface area (Å²) in [6, 6.07) is 7.51. The van der Waals surface area contributed by atoms with Crippen LogP contribution in [-0.4, -0.2) is 15.7 Å². The first-order valence-corrected chi connectivity index (χ1v) is 5.34. The molecule has 0 fully saturated rings. The van der Waals surface area contributed by atoms with Crippen molar-refractivity contribution >= 4 is 11.0 Å². The van der Waals surface area contributed by atoms with Crippen LogP contribution in [0.5, 0.6) is 0 Å². The van der Waals surface area contributed by atoms with Crippen molar-refractivity contribution in [1.29, 1.82) is 5.26 Å². The summed E-state index contributed by atoms with van der Waals surface area (Å²) in [5.74, 6) is -2.23. The fraction of sp³-hybridized carbons (Fsp3) is 0.250. The van der Waals surface area contributed by atoms with E-state index >= 15 is 0 Å². The van der Waals surface area contributed by atoms with E-state index in [0.717, 1.165) is 10.8 Å². The van der Waals surface area contributed by atoms with E-state index in [9.17, 15) is 18.0 Å². The monoisotopic (exact) mass is 267 g/mol. The predicted octanol–water partition coefficient (Wildman–Crippen LogP) is 2.10. The zero-order valence-corrected chi connectivity index (χ0v) is 9.55. The second-order valence-corrected chi connectivity index (χ2v) is 3.92. The molecule has 0 saturated carbocycles. The number of hydrogen-bond acceptors (Lipinski definition) is 3. The van der Waals surface area contributed by atoms with Gasteiger partial charge in [-0.2, -0.15) is 18.4 Å². The van der Waals surface area contributed by atoms with E-state index in [2.05, 4.69) is 4.98 Å². The van der Waals surface area contributed by atoms with Crippen molar-refractivity contribution < 1.29 is 13.2 Å². The molecule has 19 heavy (non-hydrogen) atoms. The third-order valence-corrected chi connectivity index (χ3v) is 2.67. The van der Waals surface area contributed by atoms with Crippen LogP contribution in [0.3, 0.4) is 0 Å². The molecule has 98 valence electrons. The lowest BCUT2D eigenvalue weighted by Gasteiger charge is -2.15. The maximum atomic E-state index is 12.6. The van der Waals surface area contributed by atoms with Gasteiger partial charge in [-0.15, -0.1) is 0 Å². The van der Waals surface area contributed by atoms with Crippen LogP contribution in [0.1, 0.15) is 0 Å². The molecule has 1 heterocycles. The van der Waals surface area contributed by atoms with E-state index in [-0.39, 0.29) is 5.52 Å². The van der Waals surface area contributed by atoms with Gasteiger partial charge in [0.2, 0.25) is 0 Å². The molecule has 1 atom stereocenters. The van der Waals surface area contributed by atoms with Crippen molar-refractivity contribution in [3.63, 3.8) is 0 Å². The summed E-state index contributed by atoms with van der Waals surface area (Å²) >= 11 is 0. The summed E-state index contributed by atoms with van der Waals surface area (Å²) in [5, 5.41) is 8.58. The smallest absolute Gasteiger partial charge is 0.304 e. The van der Waals surface area contributed by atoms with Gasteiger partial charge in [-0.25, -0.2) is 4.98 Å². The van der Waals surface area contributed by atoms with E-state index in [1.165, 1.54) is 12.1 Å². The molecule has 2 rings (SSSR count). The SMILES string of the molecule is N#CC(Cn1c(=O)cnc2ccccc21)C(F)(F)F. The minimum absolute atomic E-state index is 0.277. The minimum Gasteiger partial charge on any atom is -0.304 e. The Labute approximate surface area is 105 Å².